The molecular formula is C11H8BrNO2. The first-order chi connectivity index (χ1) is 7.14. The third kappa shape index (κ3) is 1.05. The van der Waals surface area contributed by atoms with Gasteiger partial charge in [0.05, 0.1) is 11.3 Å². The van der Waals surface area contributed by atoms with Gasteiger partial charge in [-0.3, -0.25) is 14.9 Å². The summed E-state index contributed by atoms with van der Waals surface area (Å²) in [6, 6.07) is 7.61. The molecule has 0 bridgehead atoms. The molecule has 1 aliphatic carbocycles. The summed E-state index contributed by atoms with van der Waals surface area (Å²) < 4.78 is 0.976. The minimum atomic E-state index is -0.544. The van der Waals surface area contributed by atoms with Gasteiger partial charge in [-0.1, -0.05) is 28.1 Å². The van der Waals surface area contributed by atoms with Crippen LogP contribution in [0.3, 0.4) is 0 Å². The lowest BCUT2D eigenvalue weighted by molar-refractivity contribution is -0.127. The first-order valence-electron chi connectivity index (χ1n) is 4.76. The number of hydrogen-bond acceptors (Lipinski definition) is 2. The van der Waals surface area contributed by atoms with Gasteiger partial charge in [0, 0.05) is 4.47 Å². The lowest BCUT2D eigenvalue weighted by atomic mass is 9.94. The molecule has 2 unspecified atom stereocenters. The van der Waals surface area contributed by atoms with Crippen LogP contribution in [0.1, 0.15) is 12.0 Å². The molecule has 76 valence electrons. The van der Waals surface area contributed by atoms with E-state index < -0.39 is 5.41 Å². The minimum absolute atomic E-state index is 0.122. The van der Waals surface area contributed by atoms with Crippen molar-refractivity contribution in [3.8, 4) is 0 Å². The molecule has 3 rings (SSSR count). The molecular weight excluding hydrogens is 258 g/mol. The van der Waals surface area contributed by atoms with Crippen LogP contribution >= 0.6 is 15.9 Å². The second-order valence-electron chi connectivity index (χ2n) is 4.05. The van der Waals surface area contributed by atoms with E-state index in [9.17, 15) is 9.59 Å². The van der Waals surface area contributed by atoms with Crippen LogP contribution in [-0.2, 0) is 15.0 Å². The van der Waals surface area contributed by atoms with E-state index in [4.69, 9.17) is 0 Å². The van der Waals surface area contributed by atoms with Crippen molar-refractivity contribution >= 4 is 27.7 Å². The molecule has 0 radical (unpaired) electrons. The highest BCUT2D eigenvalue weighted by molar-refractivity contribution is 9.10. The highest BCUT2D eigenvalue weighted by atomic mass is 79.9. The van der Waals surface area contributed by atoms with Crippen molar-refractivity contribution in [1.29, 1.82) is 0 Å². The van der Waals surface area contributed by atoms with Crippen LogP contribution in [0.2, 0.25) is 0 Å². The Balaban J connectivity index is 2.06. The molecule has 0 aromatic heterocycles. The summed E-state index contributed by atoms with van der Waals surface area (Å²) in [5.74, 6) is -0.395. The van der Waals surface area contributed by atoms with E-state index in [1.165, 1.54) is 0 Å². The zero-order valence-electron chi connectivity index (χ0n) is 7.79. The number of carbonyl (C=O) groups excluding carboxylic acids is 2. The molecule has 0 spiro atoms. The number of benzene rings is 1. The normalized spacial score (nSPS) is 32.5. The average Bonchev–Trinajstić information content (AvgIpc) is 2.90. The molecule has 2 fully saturated rings. The summed E-state index contributed by atoms with van der Waals surface area (Å²) in [7, 11) is 0. The molecule has 3 nitrogen and oxygen atoms in total. The molecule has 2 aliphatic rings. The van der Waals surface area contributed by atoms with Crippen molar-refractivity contribution in [2.24, 2.45) is 5.92 Å². The number of halogens is 1. The van der Waals surface area contributed by atoms with Gasteiger partial charge in [0.2, 0.25) is 11.8 Å². The molecule has 15 heavy (non-hydrogen) atoms. The van der Waals surface area contributed by atoms with E-state index in [0.717, 1.165) is 10.0 Å². The zero-order valence-corrected chi connectivity index (χ0v) is 9.37. The van der Waals surface area contributed by atoms with Crippen molar-refractivity contribution in [1.82, 2.24) is 5.32 Å². The first-order valence-corrected chi connectivity index (χ1v) is 5.55. The quantitative estimate of drug-likeness (QED) is 0.780. The van der Waals surface area contributed by atoms with Crippen molar-refractivity contribution in [3.05, 3.63) is 34.3 Å². The van der Waals surface area contributed by atoms with Crippen molar-refractivity contribution in [3.63, 3.8) is 0 Å². The molecule has 2 amide bonds. The first kappa shape index (κ1) is 9.09. The van der Waals surface area contributed by atoms with Crippen LogP contribution in [0.15, 0.2) is 28.7 Å². The molecule has 1 N–H and O–H groups in total. The summed E-state index contributed by atoms with van der Waals surface area (Å²) in [5, 5.41) is 2.38. The third-order valence-corrected chi connectivity index (χ3v) is 3.81. The lowest BCUT2D eigenvalue weighted by Crippen LogP contribution is -2.30. The maximum Gasteiger partial charge on any atom is 0.238 e. The van der Waals surface area contributed by atoms with Crippen LogP contribution in [-0.4, -0.2) is 11.8 Å². The van der Waals surface area contributed by atoms with E-state index in [-0.39, 0.29) is 17.7 Å². The standard InChI is InChI=1S/C11H8BrNO2/c12-7-3-1-6(2-4-7)11-5-8(11)9(14)13-10(11)15/h1-4,8H,5H2,(H,13,14,15). The van der Waals surface area contributed by atoms with E-state index in [1.807, 2.05) is 24.3 Å². The van der Waals surface area contributed by atoms with Crippen LogP contribution in [0.4, 0.5) is 0 Å². The summed E-state index contributed by atoms with van der Waals surface area (Å²) in [6.07, 6.45) is 0.666. The van der Waals surface area contributed by atoms with Gasteiger partial charge in [-0.25, -0.2) is 0 Å². The number of hydrogen-bond donors (Lipinski definition) is 1. The van der Waals surface area contributed by atoms with Crippen LogP contribution in [0, 0.1) is 5.92 Å². The predicted molar refractivity (Wildman–Crippen MR) is 57.1 cm³/mol. The van der Waals surface area contributed by atoms with Crippen LogP contribution in [0.5, 0.6) is 0 Å². The van der Waals surface area contributed by atoms with Gasteiger partial charge in [-0.2, -0.15) is 0 Å². The summed E-state index contributed by atoms with van der Waals surface area (Å²) >= 11 is 3.34. The fourth-order valence-corrected chi connectivity index (χ4v) is 2.60. The fourth-order valence-electron chi connectivity index (χ4n) is 2.34. The Hall–Kier alpha value is -1.16. The number of rotatable bonds is 1. The van der Waals surface area contributed by atoms with Crippen molar-refractivity contribution < 1.29 is 9.59 Å². The van der Waals surface area contributed by atoms with Gasteiger partial charge >= 0.3 is 0 Å². The monoisotopic (exact) mass is 265 g/mol. The number of nitrogens with one attached hydrogen (secondary N) is 1. The second-order valence-corrected chi connectivity index (χ2v) is 4.97. The smallest absolute Gasteiger partial charge is 0.238 e. The fraction of sp³-hybridized carbons (Fsp3) is 0.273. The van der Waals surface area contributed by atoms with Gasteiger partial charge in [-0.15, -0.1) is 0 Å². The van der Waals surface area contributed by atoms with Gasteiger partial charge in [0.25, 0.3) is 0 Å². The number of piperidine rings is 1. The van der Waals surface area contributed by atoms with Gasteiger partial charge in [0.15, 0.2) is 0 Å². The number of carbonyl (C=O) groups is 2. The minimum Gasteiger partial charge on any atom is -0.295 e. The van der Waals surface area contributed by atoms with E-state index in [2.05, 4.69) is 21.2 Å². The lowest BCUT2D eigenvalue weighted by Gasteiger charge is -2.09. The molecule has 4 heteroatoms. The number of fused-ring (bicyclic) bond motifs is 1. The Bertz CT molecular complexity index is 468. The molecule has 2 atom stereocenters. The summed E-state index contributed by atoms with van der Waals surface area (Å²) in [4.78, 5) is 23.0. The Morgan fingerprint density at radius 2 is 1.93 bits per heavy atom. The van der Waals surface area contributed by atoms with E-state index >= 15 is 0 Å². The Kier molecular flexibility index (Phi) is 1.63. The largest absolute Gasteiger partial charge is 0.295 e. The van der Waals surface area contributed by atoms with Crippen LogP contribution < -0.4 is 5.32 Å². The highest BCUT2D eigenvalue weighted by Gasteiger charge is 2.69. The average molecular weight is 266 g/mol. The van der Waals surface area contributed by atoms with Crippen molar-refractivity contribution in [2.45, 2.75) is 11.8 Å². The zero-order chi connectivity index (χ0) is 10.6. The number of imide groups is 1. The SMILES string of the molecule is O=C1NC(=O)C2(c3ccc(Br)cc3)CC12. The number of amides is 2. The van der Waals surface area contributed by atoms with E-state index in [0.29, 0.717) is 6.42 Å². The Morgan fingerprint density at radius 1 is 1.27 bits per heavy atom. The summed E-state index contributed by atoms with van der Waals surface area (Å²) in [6.45, 7) is 0. The second kappa shape index (κ2) is 2.70. The topological polar surface area (TPSA) is 46.2 Å². The molecule has 1 aromatic rings. The predicted octanol–water partition coefficient (Wildman–Crippen LogP) is 1.36. The van der Waals surface area contributed by atoms with Crippen molar-refractivity contribution in [2.75, 3.05) is 0 Å². The molecule has 1 aliphatic heterocycles. The summed E-state index contributed by atoms with van der Waals surface area (Å²) in [5.41, 5.74) is 0.400. The molecule has 1 aromatic carbocycles. The van der Waals surface area contributed by atoms with Gasteiger partial charge < -0.3 is 0 Å². The molecule has 1 saturated carbocycles. The maximum absolute atomic E-state index is 11.7. The third-order valence-electron chi connectivity index (χ3n) is 3.28. The Morgan fingerprint density at radius 3 is 2.40 bits per heavy atom. The molecule has 1 saturated heterocycles. The van der Waals surface area contributed by atoms with Gasteiger partial charge in [0.1, 0.15) is 0 Å². The van der Waals surface area contributed by atoms with Crippen LogP contribution in [0.25, 0.3) is 0 Å². The van der Waals surface area contributed by atoms with Gasteiger partial charge in [-0.05, 0) is 24.1 Å². The Labute approximate surface area is 95.0 Å². The maximum atomic E-state index is 11.7. The molecule has 1 heterocycles. The highest BCUT2D eigenvalue weighted by Crippen LogP contribution is 2.57. The van der Waals surface area contributed by atoms with E-state index in [1.54, 1.807) is 0 Å².